The maximum absolute atomic E-state index is 14.5. The van der Waals surface area contributed by atoms with Crippen LogP contribution in [0.5, 0.6) is 11.5 Å². The number of hydrogen-bond donors (Lipinski definition) is 2. The lowest BCUT2D eigenvalue weighted by Gasteiger charge is -2.46. The van der Waals surface area contributed by atoms with Crippen molar-refractivity contribution in [3.8, 4) is 11.5 Å². The summed E-state index contributed by atoms with van der Waals surface area (Å²) in [4.78, 5) is 111. The Bertz CT molecular complexity index is 5250. The first-order valence-electron chi connectivity index (χ1n) is 50.4. The van der Waals surface area contributed by atoms with Crippen molar-refractivity contribution in [2.45, 2.75) is 230 Å². The second-order valence-corrected chi connectivity index (χ2v) is 47.8. The molecule has 0 aromatic heterocycles. The Morgan fingerprint density at radius 1 is 0.517 bits per heavy atom. The van der Waals surface area contributed by atoms with E-state index in [0.717, 1.165) is 124 Å². The van der Waals surface area contributed by atoms with E-state index in [1.807, 2.05) is 50.2 Å². The van der Waals surface area contributed by atoms with Crippen molar-refractivity contribution in [3.05, 3.63) is 141 Å². The first kappa shape index (κ1) is 112. The largest absolute Gasteiger partial charge is 0.490 e. The zero-order chi connectivity index (χ0) is 103. The number of ether oxygens (including phenoxy) is 7. The zero-order valence-electron chi connectivity index (χ0n) is 82.5. The molecule has 24 atom stereocenters. The highest BCUT2D eigenvalue weighted by Crippen LogP contribution is 2.54. The molecule has 36 heteroatoms. The minimum Gasteiger partial charge on any atom is -0.490 e. The first-order valence-corrected chi connectivity index (χ1v) is 54.9. The number of fused-ring (bicyclic) bond motifs is 8. The number of anilines is 2. The molecule has 788 valence electrons. The molecule has 2 spiro atoms. The number of Topliss-reactive ketones (excluding diaryl/α,β-unsaturated/α-hetero) is 2. The first-order chi connectivity index (χ1) is 68.2. The van der Waals surface area contributed by atoms with Crippen LogP contribution in [-0.4, -0.2) is 215 Å². The molecular weight excluding hydrogens is 1950 g/mol. The molecule has 4 heterocycles. The van der Waals surface area contributed by atoms with Crippen molar-refractivity contribution >= 4 is 108 Å². The number of esters is 3. The van der Waals surface area contributed by atoms with Gasteiger partial charge in [-0.25, -0.2) is 43.5 Å². The molecule has 18 rings (SSSR count). The van der Waals surface area contributed by atoms with Crippen molar-refractivity contribution < 1.29 is 130 Å². The number of carboxylic acid groups (broad SMARTS) is 1. The van der Waals surface area contributed by atoms with E-state index in [1.165, 1.54) is 43.6 Å². The normalized spacial score (nSPS) is 32.7. The van der Waals surface area contributed by atoms with Crippen molar-refractivity contribution in [3.63, 3.8) is 0 Å². The van der Waals surface area contributed by atoms with Gasteiger partial charge < -0.3 is 58.0 Å². The van der Waals surface area contributed by atoms with Crippen LogP contribution in [0.4, 0.5) is 46.5 Å². The number of hydrogen-bond acceptors (Lipinski definition) is 21. The number of nitrogens with zero attached hydrogens (tertiary/aromatic N) is 4. The lowest BCUT2D eigenvalue weighted by atomic mass is 9.68. The van der Waals surface area contributed by atoms with Crippen LogP contribution >= 0.6 is 23.2 Å². The molecule has 0 radical (unpaired) electrons. The Morgan fingerprint density at radius 2 is 0.909 bits per heavy atom. The van der Waals surface area contributed by atoms with Crippen LogP contribution in [0.3, 0.4) is 0 Å². The highest BCUT2D eigenvalue weighted by atomic mass is 35.5. The Balaban J connectivity index is 0.000000171. The highest BCUT2D eigenvalue weighted by Gasteiger charge is 2.52. The number of alkyl halides is 8. The van der Waals surface area contributed by atoms with Crippen molar-refractivity contribution in [2.75, 3.05) is 114 Å². The molecule has 24 nitrogen and oxygen atoms in total. The summed E-state index contributed by atoms with van der Waals surface area (Å²) in [7, 11) is 0.966. The number of aliphatic hydroxyl groups is 1. The number of aryl methyl sites for hydroxylation is 2. The van der Waals surface area contributed by atoms with E-state index < -0.39 is 68.9 Å². The average molecular weight is 2090 g/mol. The third-order valence-corrected chi connectivity index (χ3v) is 36.6. The number of carbonyl (C=O) groups is 9. The van der Waals surface area contributed by atoms with E-state index in [0.29, 0.717) is 123 Å². The highest BCUT2D eigenvalue weighted by molar-refractivity contribution is 7.94. The Morgan fingerprint density at radius 3 is 1.29 bits per heavy atom. The SMILES string of the molecule is COC(=O)[C@H]1C[C@@H]1CC(F)F.COC(=O)[C@H]1C[C@@H]1CC=O.COC(=O)[C@H]1C[C@@H]1CCO.CO[C@H]1/C=C/C[C@H](C)C[S@@](=O)(CC(=O)C[C@@H]2C[C@H]2CC(F)F)=NC(=O)c2ccc3c(c2)N(C[C@@H]2CC[C@H]21)C[C@@]1(CCCc2cc(Cl)ccc21)CO3.CO[C@H]1/C=C/C[C@H](C)C[S@@](=O)(CC(=O)C[C@H]2C[C@@H]2CC(F)F)=NC(=O)c2ccc3c(c2)N(C[C@@H]2CC[C@H]21)C[C@@]1(CCCc2cc(Cl)ccc21)CO3.O=C(O)[C@H]1C[C@@H]1CC(F)F. The fraction of sp³-hybridized carbons (Fsp3) is 0.654. The summed E-state index contributed by atoms with van der Waals surface area (Å²) >= 11 is 12.9. The Labute approximate surface area is 843 Å². The van der Waals surface area contributed by atoms with Crippen molar-refractivity contribution in [1.82, 2.24) is 0 Å². The van der Waals surface area contributed by atoms with E-state index in [2.05, 4.69) is 81.3 Å². The van der Waals surface area contributed by atoms with Crippen molar-refractivity contribution in [2.24, 2.45) is 115 Å². The number of aldehydes is 1. The standard InChI is InChI=1S/2C40H49ClF2N2O5S.C7H10F2O2.C7H12O3.C7H10O3.C6H8F2O2/c2*1-25-5-3-7-36(49-2)33-11-8-28(33)20-45-23-40(14-4-6-26-16-31(41)10-12-34(26)40)24-50-37-13-9-27(18-35(37)45)39(47)44-51(48,21-25)22-32(46)17-29-15-30(29)19-38(42)43;1-11-7(10)5-2-4(5)3-6(8)9;2*1-10-7(9)6-4-5(6)2-3-8;7-5(8)2-3-1-4(3)6(9)10/h2*3,7,9-10,12-13,16,18,25,28-30,33,36,38H,4-6,8,11,14-15,17,19-24H2,1-2H3;4-6H,2-3H2,1H3;5-6,8H,2-4H2,1H3;3,5-6H,2,4H2,1H3;3-5H,1-2H2,(H,9,10)/b2*7-3+;;;;/t25-,28-,29+,30+,33+,36-,40-,51+;25-,28-,29-,30-,33+,36-,40-,51+;4-,5+;2*5-,6-;3-,4+/m001001/s1. The van der Waals surface area contributed by atoms with E-state index >= 15 is 0 Å². The van der Waals surface area contributed by atoms with Gasteiger partial charge in [-0.3, -0.25) is 38.4 Å². The predicted octanol–water partition coefficient (Wildman–Crippen LogP) is 20.0. The van der Waals surface area contributed by atoms with Crippen LogP contribution in [0.25, 0.3) is 0 Å². The van der Waals surface area contributed by atoms with Gasteiger partial charge in [-0.15, -0.1) is 0 Å². The van der Waals surface area contributed by atoms with Gasteiger partial charge in [0.05, 0.1) is 113 Å². The summed E-state index contributed by atoms with van der Waals surface area (Å²) < 4.78 is 175. The molecular formula is C107H138Cl2F8N4O20S2. The molecule has 143 heavy (non-hydrogen) atoms. The molecule has 4 aromatic carbocycles. The molecule has 8 fully saturated rings. The van der Waals surface area contributed by atoms with Gasteiger partial charge in [0.15, 0.2) is 0 Å². The number of carbonyl (C=O) groups excluding carboxylic acids is 8. The lowest BCUT2D eigenvalue weighted by Crippen LogP contribution is -2.49. The van der Waals surface area contributed by atoms with Crippen LogP contribution in [0.15, 0.2) is 106 Å². The minimum absolute atomic E-state index is 0.00944. The maximum Gasteiger partial charge on any atom is 0.308 e. The van der Waals surface area contributed by atoms with Gasteiger partial charge in [-0.1, -0.05) is 73.5 Å². The van der Waals surface area contributed by atoms with E-state index in [-0.39, 0.29) is 192 Å². The van der Waals surface area contributed by atoms with Gasteiger partial charge in [0.25, 0.3) is 11.8 Å². The van der Waals surface area contributed by atoms with Crippen LogP contribution in [-0.2, 0) is 100 Å². The quantitative estimate of drug-likeness (QED) is 0.0194. The predicted molar refractivity (Wildman–Crippen MR) is 527 cm³/mol. The smallest absolute Gasteiger partial charge is 0.308 e. The van der Waals surface area contributed by atoms with E-state index in [9.17, 15) is 86.7 Å². The fourth-order valence-corrected chi connectivity index (χ4v) is 27.8. The molecule has 2 N–H and O–H groups in total. The number of ketones is 2. The molecule has 10 aliphatic carbocycles. The molecule has 8 saturated carbocycles. The Hall–Kier alpha value is -8.41. The van der Waals surface area contributed by atoms with Crippen LogP contribution < -0.4 is 19.3 Å². The summed E-state index contributed by atoms with van der Waals surface area (Å²) in [5.41, 5.74) is 6.71. The molecule has 14 aliphatic rings. The summed E-state index contributed by atoms with van der Waals surface area (Å²) in [6, 6.07) is 23.0. The summed E-state index contributed by atoms with van der Waals surface area (Å²) in [5, 5.41) is 18.2. The molecule has 0 unspecified atom stereocenters. The van der Waals surface area contributed by atoms with Crippen LogP contribution in [0.2, 0.25) is 10.0 Å². The molecule has 4 aromatic rings. The number of aliphatic hydroxyl groups excluding tert-OH is 1. The van der Waals surface area contributed by atoms with E-state index in [1.54, 1.807) is 26.4 Å². The number of allylic oxidation sites excluding steroid dienone is 2. The number of amides is 2. The van der Waals surface area contributed by atoms with Crippen molar-refractivity contribution in [1.29, 1.82) is 0 Å². The number of halogens is 10. The lowest BCUT2D eigenvalue weighted by molar-refractivity contribution is -0.143. The number of benzene rings is 4. The third-order valence-electron chi connectivity index (χ3n) is 31.4. The monoisotopic (exact) mass is 2080 g/mol. The maximum atomic E-state index is 14.5. The van der Waals surface area contributed by atoms with Gasteiger partial charge in [0.1, 0.15) is 29.4 Å². The number of carboxylic acids is 1. The number of rotatable bonds is 26. The molecule has 0 saturated heterocycles. The van der Waals surface area contributed by atoms with Crippen LogP contribution in [0.1, 0.15) is 211 Å². The third kappa shape index (κ3) is 30.5. The second-order valence-electron chi connectivity index (χ2n) is 42.2. The Kier molecular flexibility index (Phi) is 39.1. The molecule has 4 aliphatic heterocycles. The van der Waals surface area contributed by atoms with E-state index in [4.69, 9.17) is 52.4 Å². The minimum atomic E-state index is -3.29. The fourth-order valence-electron chi connectivity index (χ4n) is 22.8. The van der Waals surface area contributed by atoms with Gasteiger partial charge in [-0.2, -0.15) is 8.73 Å². The summed E-state index contributed by atoms with van der Waals surface area (Å²) in [5.74, 6) is -2.42. The topological polar surface area (TPSA) is 324 Å². The molecule has 2 amide bonds. The van der Waals surface area contributed by atoms with Gasteiger partial charge in [0.2, 0.25) is 25.7 Å². The summed E-state index contributed by atoms with van der Waals surface area (Å²) in [6.45, 7) is 8.02. The van der Waals surface area contributed by atoms with Gasteiger partial charge in [0, 0.05) is 135 Å². The number of aliphatic carboxylic acids is 1. The van der Waals surface area contributed by atoms with Crippen LogP contribution in [0, 0.1) is 107 Å². The zero-order valence-corrected chi connectivity index (χ0v) is 85.6. The average Bonchev–Trinajstić information content (AvgIpc) is 1.73. The number of methoxy groups -OCH3 is 5. The van der Waals surface area contributed by atoms with Gasteiger partial charge >= 0.3 is 23.9 Å². The van der Waals surface area contributed by atoms with Gasteiger partial charge in [-0.05, 0) is 288 Å². The second kappa shape index (κ2) is 50.1. The summed E-state index contributed by atoms with van der Waals surface area (Å²) in [6.07, 6.45) is 15.4. The molecule has 4 bridgehead atoms.